The van der Waals surface area contributed by atoms with Gasteiger partial charge in [0, 0.05) is 13.0 Å². The molecular formula is C20H20N2O3. The van der Waals surface area contributed by atoms with Crippen LogP contribution in [-0.4, -0.2) is 18.4 Å². The molecule has 0 saturated heterocycles. The summed E-state index contributed by atoms with van der Waals surface area (Å²) in [5, 5.41) is 7.93. The minimum Gasteiger partial charge on any atom is -0.459 e. The maximum atomic E-state index is 12.1. The van der Waals surface area contributed by atoms with Crippen LogP contribution in [0, 0.1) is 0 Å². The fraction of sp³-hybridized carbons (Fsp3) is 0.200. The fourth-order valence-electron chi connectivity index (χ4n) is 2.66. The lowest BCUT2D eigenvalue weighted by molar-refractivity contribution is -0.121. The number of hydrogen-bond acceptors (Lipinski definition) is 3. The van der Waals surface area contributed by atoms with Crippen LogP contribution < -0.4 is 10.6 Å². The summed E-state index contributed by atoms with van der Waals surface area (Å²) in [4.78, 5) is 23.8. The summed E-state index contributed by atoms with van der Waals surface area (Å²) in [5.41, 5.74) is 1.05. The summed E-state index contributed by atoms with van der Waals surface area (Å²) in [6.45, 7) is 2.21. The Balaban J connectivity index is 1.50. The SMILES string of the molecule is C[C@@H](NC(=O)CCNC(=O)c1ccco1)c1ccc2ccccc2c1. The molecule has 0 unspecified atom stereocenters. The lowest BCUT2D eigenvalue weighted by atomic mass is 10.0. The van der Waals surface area contributed by atoms with Crippen molar-refractivity contribution in [2.24, 2.45) is 0 Å². The number of benzene rings is 2. The molecule has 2 amide bonds. The first-order chi connectivity index (χ1) is 12.1. The van der Waals surface area contributed by atoms with Crippen LogP contribution in [0.4, 0.5) is 0 Å². The summed E-state index contributed by atoms with van der Waals surface area (Å²) in [7, 11) is 0. The number of carbonyl (C=O) groups excluding carboxylic acids is 2. The standard InChI is InChI=1S/C20H20N2O3/c1-14(16-9-8-15-5-2-3-6-17(15)13-16)22-19(23)10-11-21-20(24)18-7-4-12-25-18/h2-9,12-14H,10-11H2,1H3,(H,21,24)(H,22,23)/t14-/m1/s1. The van der Waals surface area contributed by atoms with Crippen LogP contribution in [-0.2, 0) is 4.79 Å². The van der Waals surface area contributed by atoms with E-state index in [4.69, 9.17) is 4.42 Å². The summed E-state index contributed by atoms with van der Waals surface area (Å²) in [6.07, 6.45) is 1.65. The molecule has 0 radical (unpaired) electrons. The molecule has 0 bridgehead atoms. The van der Waals surface area contributed by atoms with Crippen molar-refractivity contribution in [1.82, 2.24) is 10.6 Å². The third-order valence-corrected chi connectivity index (χ3v) is 4.03. The molecule has 5 heteroatoms. The molecule has 1 atom stereocenters. The minimum absolute atomic E-state index is 0.0992. The fourth-order valence-corrected chi connectivity index (χ4v) is 2.66. The summed E-state index contributed by atoms with van der Waals surface area (Å²) >= 11 is 0. The van der Waals surface area contributed by atoms with E-state index in [2.05, 4.69) is 34.9 Å². The van der Waals surface area contributed by atoms with Crippen LogP contribution >= 0.6 is 0 Å². The molecule has 25 heavy (non-hydrogen) atoms. The van der Waals surface area contributed by atoms with E-state index in [-0.39, 0.29) is 36.6 Å². The molecule has 0 fully saturated rings. The van der Waals surface area contributed by atoms with Crippen LogP contribution in [0.5, 0.6) is 0 Å². The van der Waals surface area contributed by atoms with Crippen molar-refractivity contribution in [3.63, 3.8) is 0 Å². The maximum absolute atomic E-state index is 12.1. The van der Waals surface area contributed by atoms with E-state index in [1.54, 1.807) is 12.1 Å². The van der Waals surface area contributed by atoms with E-state index in [1.807, 2.05) is 25.1 Å². The molecule has 3 aromatic rings. The van der Waals surface area contributed by atoms with Crippen molar-refractivity contribution in [3.05, 3.63) is 72.2 Å². The van der Waals surface area contributed by atoms with E-state index in [9.17, 15) is 9.59 Å². The summed E-state index contributed by atoms with van der Waals surface area (Å²) in [6, 6.07) is 17.4. The van der Waals surface area contributed by atoms with Crippen molar-refractivity contribution >= 4 is 22.6 Å². The van der Waals surface area contributed by atoms with Gasteiger partial charge < -0.3 is 15.1 Å². The maximum Gasteiger partial charge on any atom is 0.286 e. The van der Waals surface area contributed by atoms with Gasteiger partial charge >= 0.3 is 0 Å². The average Bonchev–Trinajstić information content (AvgIpc) is 3.16. The Hall–Kier alpha value is -3.08. The second-order valence-corrected chi connectivity index (χ2v) is 5.88. The van der Waals surface area contributed by atoms with Crippen molar-refractivity contribution in [2.45, 2.75) is 19.4 Å². The van der Waals surface area contributed by atoms with Gasteiger partial charge in [-0.15, -0.1) is 0 Å². The van der Waals surface area contributed by atoms with E-state index in [1.165, 1.54) is 11.6 Å². The lowest BCUT2D eigenvalue weighted by Crippen LogP contribution is -2.31. The van der Waals surface area contributed by atoms with Gasteiger partial charge in [-0.2, -0.15) is 0 Å². The van der Waals surface area contributed by atoms with Gasteiger partial charge in [0.15, 0.2) is 5.76 Å². The van der Waals surface area contributed by atoms with E-state index in [0.717, 1.165) is 10.9 Å². The Bertz CT molecular complexity index is 872. The first-order valence-corrected chi connectivity index (χ1v) is 8.23. The van der Waals surface area contributed by atoms with E-state index >= 15 is 0 Å². The highest BCUT2D eigenvalue weighted by Crippen LogP contribution is 2.20. The number of nitrogens with one attached hydrogen (secondary N) is 2. The van der Waals surface area contributed by atoms with E-state index in [0.29, 0.717) is 0 Å². The van der Waals surface area contributed by atoms with Crippen molar-refractivity contribution in [3.8, 4) is 0 Å². The first kappa shape index (κ1) is 16.8. The third kappa shape index (κ3) is 4.26. The Morgan fingerprint density at radius 2 is 1.84 bits per heavy atom. The van der Waals surface area contributed by atoms with Crippen molar-refractivity contribution in [1.29, 1.82) is 0 Å². The van der Waals surface area contributed by atoms with Crippen LogP contribution in [0.2, 0.25) is 0 Å². The number of hydrogen-bond donors (Lipinski definition) is 2. The second kappa shape index (κ2) is 7.66. The Kier molecular flexibility index (Phi) is 5.14. The Morgan fingerprint density at radius 3 is 2.60 bits per heavy atom. The molecule has 2 aromatic carbocycles. The molecule has 0 aliphatic carbocycles. The highest BCUT2D eigenvalue weighted by molar-refractivity contribution is 5.91. The average molecular weight is 336 g/mol. The number of rotatable bonds is 6. The second-order valence-electron chi connectivity index (χ2n) is 5.88. The van der Waals surface area contributed by atoms with Gasteiger partial charge in [-0.3, -0.25) is 9.59 Å². The highest BCUT2D eigenvalue weighted by atomic mass is 16.3. The summed E-state index contributed by atoms with van der Waals surface area (Å²) in [5.74, 6) is -0.189. The molecule has 128 valence electrons. The number of fused-ring (bicyclic) bond motifs is 1. The zero-order valence-electron chi connectivity index (χ0n) is 14.0. The molecule has 0 spiro atoms. The van der Waals surface area contributed by atoms with Crippen LogP contribution in [0.3, 0.4) is 0 Å². The quantitative estimate of drug-likeness (QED) is 0.724. The first-order valence-electron chi connectivity index (χ1n) is 8.23. The molecule has 5 nitrogen and oxygen atoms in total. The van der Waals surface area contributed by atoms with Crippen molar-refractivity contribution in [2.75, 3.05) is 6.54 Å². The summed E-state index contributed by atoms with van der Waals surface area (Å²) < 4.78 is 5.00. The zero-order valence-corrected chi connectivity index (χ0v) is 14.0. The molecule has 1 heterocycles. The monoisotopic (exact) mass is 336 g/mol. The van der Waals surface area contributed by atoms with Gasteiger partial charge in [0.05, 0.1) is 12.3 Å². The van der Waals surface area contributed by atoms with Gasteiger partial charge in [0.25, 0.3) is 5.91 Å². The van der Waals surface area contributed by atoms with Gasteiger partial charge in [-0.25, -0.2) is 0 Å². The molecule has 0 aliphatic heterocycles. The largest absolute Gasteiger partial charge is 0.459 e. The topological polar surface area (TPSA) is 71.3 Å². The smallest absolute Gasteiger partial charge is 0.286 e. The molecule has 1 aromatic heterocycles. The van der Waals surface area contributed by atoms with E-state index < -0.39 is 0 Å². The van der Waals surface area contributed by atoms with Gasteiger partial charge in [-0.1, -0.05) is 36.4 Å². The highest BCUT2D eigenvalue weighted by Gasteiger charge is 2.12. The number of furan rings is 1. The molecular weight excluding hydrogens is 316 g/mol. The molecule has 2 N–H and O–H groups in total. The molecule has 0 aliphatic rings. The third-order valence-electron chi connectivity index (χ3n) is 4.03. The van der Waals surface area contributed by atoms with Crippen LogP contribution in [0.15, 0.2) is 65.3 Å². The van der Waals surface area contributed by atoms with Crippen molar-refractivity contribution < 1.29 is 14.0 Å². The van der Waals surface area contributed by atoms with Gasteiger partial charge in [-0.05, 0) is 41.5 Å². The Morgan fingerprint density at radius 1 is 1.04 bits per heavy atom. The van der Waals surface area contributed by atoms with Crippen LogP contribution in [0.25, 0.3) is 10.8 Å². The molecule has 0 saturated carbocycles. The number of carbonyl (C=O) groups is 2. The minimum atomic E-state index is -0.319. The number of amides is 2. The normalized spacial score (nSPS) is 11.9. The Labute approximate surface area is 146 Å². The lowest BCUT2D eigenvalue weighted by Gasteiger charge is -2.15. The van der Waals surface area contributed by atoms with Gasteiger partial charge in [0.1, 0.15) is 0 Å². The predicted molar refractivity (Wildman–Crippen MR) is 96.2 cm³/mol. The van der Waals surface area contributed by atoms with Gasteiger partial charge in [0.2, 0.25) is 5.91 Å². The predicted octanol–water partition coefficient (Wildman–Crippen LogP) is 3.43. The molecule has 3 rings (SSSR count). The zero-order chi connectivity index (χ0) is 17.6. The van der Waals surface area contributed by atoms with Crippen LogP contribution in [0.1, 0.15) is 35.5 Å².